The fraction of sp³-hybridized carbons (Fsp3) is 0.667. The molecule has 0 unspecified atom stereocenters. The molecule has 7 nitrogen and oxygen atoms in total. The first-order valence-corrected chi connectivity index (χ1v) is 9.08. The normalized spacial score (nSPS) is 27.0. The molecule has 4 heterocycles. The maximum atomic E-state index is 9.15. The lowest BCUT2D eigenvalue weighted by Gasteiger charge is -2.34. The number of rotatable bonds is 4. The number of hydrogen-bond donors (Lipinski definition) is 1. The molecule has 25 heavy (non-hydrogen) atoms. The van der Waals surface area contributed by atoms with Crippen LogP contribution in [0.3, 0.4) is 0 Å². The molecule has 0 bridgehead atoms. The van der Waals surface area contributed by atoms with E-state index in [1.807, 2.05) is 13.1 Å². The lowest BCUT2D eigenvalue weighted by Crippen LogP contribution is -2.46. The van der Waals surface area contributed by atoms with Crippen LogP contribution in [-0.4, -0.2) is 67.6 Å². The zero-order valence-electron chi connectivity index (χ0n) is 15.2. The fourth-order valence-corrected chi connectivity index (χ4v) is 4.13. The Morgan fingerprint density at radius 2 is 2.08 bits per heavy atom. The first-order chi connectivity index (χ1) is 12.1. The van der Waals surface area contributed by atoms with Gasteiger partial charge in [-0.1, -0.05) is 0 Å². The second-order valence-corrected chi connectivity index (χ2v) is 7.29. The number of aryl methyl sites for hydroxylation is 1. The van der Waals surface area contributed by atoms with E-state index >= 15 is 0 Å². The number of morpholine rings is 1. The minimum absolute atomic E-state index is 0.155. The summed E-state index contributed by atoms with van der Waals surface area (Å²) in [5.74, 6) is 1.87. The van der Waals surface area contributed by atoms with E-state index in [0.29, 0.717) is 12.1 Å². The zero-order valence-corrected chi connectivity index (χ0v) is 15.2. The molecule has 0 amide bonds. The first kappa shape index (κ1) is 16.8. The van der Waals surface area contributed by atoms with Gasteiger partial charge in [0.25, 0.3) is 0 Å². The molecular weight excluding hydrogens is 318 g/mol. The summed E-state index contributed by atoms with van der Waals surface area (Å²) < 4.78 is 10.3. The molecule has 2 aliphatic heterocycles. The van der Waals surface area contributed by atoms with Crippen LogP contribution in [0.1, 0.15) is 30.3 Å². The van der Waals surface area contributed by atoms with Gasteiger partial charge in [-0.2, -0.15) is 0 Å². The molecule has 2 fully saturated rings. The fourth-order valence-electron chi connectivity index (χ4n) is 4.13. The number of imidazole rings is 2. The largest absolute Gasteiger partial charge is 0.396 e. The summed E-state index contributed by atoms with van der Waals surface area (Å²) in [6.07, 6.45) is 5.89. The topological polar surface area (TPSA) is 68.3 Å². The van der Waals surface area contributed by atoms with Crippen molar-refractivity contribution in [3.63, 3.8) is 0 Å². The number of aromatic nitrogens is 4. The highest BCUT2D eigenvalue weighted by molar-refractivity contribution is 5.47. The van der Waals surface area contributed by atoms with E-state index < -0.39 is 0 Å². The van der Waals surface area contributed by atoms with Crippen LogP contribution in [0, 0.1) is 13.8 Å². The van der Waals surface area contributed by atoms with Gasteiger partial charge in [-0.15, -0.1) is 0 Å². The lowest BCUT2D eigenvalue weighted by molar-refractivity contribution is -0.0567. The minimum atomic E-state index is 0.155. The maximum Gasteiger partial charge on any atom is 0.176 e. The van der Waals surface area contributed by atoms with E-state index in [1.165, 1.54) is 5.69 Å². The number of aliphatic hydroxyl groups is 1. The quantitative estimate of drug-likeness (QED) is 0.905. The van der Waals surface area contributed by atoms with Gasteiger partial charge in [0.05, 0.1) is 18.4 Å². The molecule has 2 aliphatic rings. The molecule has 7 heteroatoms. The second-order valence-electron chi connectivity index (χ2n) is 7.29. The highest BCUT2D eigenvalue weighted by Gasteiger charge is 2.38. The van der Waals surface area contributed by atoms with E-state index in [9.17, 15) is 0 Å². The van der Waals surface area contributed by atoms with Crippen molar-refractivity contribution in [1.29, 1.82) is 0 Å². The molecule has 0 saturated carbocycles. The average molecular weight is 345 g/mol. The van der Waals surface area contributed by atoms with E-state index in [1.54, 1.807) is 0 Å². The monoisotopic (exact) mass is 345 g/mol. The predicted octanol–water partition coefficient (Wildman–Crippen LogP) is 1.30. The third-order valence-corrected chi connectivity index (χ3v) is 5.80. The van der Waals surface area contributed by atoms with Crippen molar-refractivity contribution in [2.24, 2.45) is 7.05 Å². The van der Waals surface area contributed by atoms with Crippen LogP contribution < -0.4 is 0 Å². The molecule has 1 N–H and O–H groups in total. The summed E-state index contributed by atoms with van der Waals surface area (Å²) in [6.45, 7) is 6.99. The summed E-state index contributed by atoms with van der Waals surface area (Å²) in [5, 5.41) is 9.15. The van der Waals surface area contributed by atoms with Gasteiger partial charge < -0.3 is 19.0 Å². The van der Waals surface area contributed by atoms with Gasteiger partial charge in [0.1, 0.15) is 0 Å². The van der Waals surface area contributed by atoms with Crippen molar-refractivity contribution >= 4 is 0 Å². The third-order valence-electron chi connectivity index (χ3n) is 5.80. The Balaban J connectivity index is 1.56. The van der Waals surface area contributed by atoms with Crippen molar-refractivity contribution in [3.05, 3.63) is 23.8 Å². The Morgan fingerprint density at radius 1 is 1.24 bits per heavy atom. The highest BCUT2D eigenvalue weighted by atomic mass is 16.5. The summed E-state index contributed by atoms with van der Waals surface area (Å²) in [5.41, 5.74) is 2.23. The Hall–Kier alpha value is -1.70. The van der Waals surface area contributed by atoms with Crippen molar-refractivity contribution < 1.29 is 9.84 Å². The van der Waals surface area contributed by atoms with Gasteiger partial charge in [-0.3, -0.25) is 4.90 Å². The zero-order chi connectivity index (χ0) is 17.6. The molecule has 0 aromatic carbocycles. The molecule has 0 spiro atoms. The Labute approximate surface area is 148 Å². The summed E-state index contributed by atoms with van der Waals surface area (Å²) in [4.78, 5) is 11.8. The number of nitrogens with zero attached hydrogens (tertiary/aromatic N) is 5. The van der Waals surface area contributed by atoms with E-state index in [2.05, 4.69) is 39.2 Å². The average Bonchev–Trinajstić information content (AvgIpc) is 3.29. The summed E-state index contributed by atoms with van der Waals surface area (Å²) in [7, 11) is 2.05. The van der Waals surface area contributed by atoms with Crippen molar-refractivity contribution in [3.8, 4) is 11.6 Å². The SMILES string of the molecule is Cc1nc(-c2nccn2[C@H]2C[C@H]3CO[C@@H](CCO)CN3C2)n(C)c1C. The number of hydrogen-bond acceptors (Lipinski definition) is 5. The molecule has 2 saturated heterocycles. The van der Waals surface area contributed by atoms with Crippen molar-refractivity contribution in [2.75, 3.05) is 26.3 Å². The van der Waals surface area contributed by atoms with Crippen molar-refractivity contribution in [1.82, 2.24) is 24.0 Å². The standard InChI is InChI=1S/C18H27N5O2/c1-12-13(2)21(3)18(20-12)17-19-5-6-23(17)14-8-15-11-25-16(4-7-24)10-22(15)9-14/h5-6,14-16,24H,4,7-11H2,1-3H3/t14-,15-,16-/m0/s1. The molecule has 2 aromatic rings. The van der Waals surface area contributed by atoms with Gasteiger partial charge >= 0.3 is 0 Å². The van der Waals surface area contributed by atoms with Gasteiger partial charge in [0, 0.05) is 56.9 Å². The maximum absolute atomic E-state index is 9.15. The first-order valence-electron chi connectivity index (χ1n) is 9.08. The smallest absolute Gasteiger partial charge is 0.176 e. The number of fused-ring (bicyclic) bond motifs is 1. The Morgan fingerprint density at radius 3 is 2.80 bits per heavy atom. The number of ether oxygens (including phenoxy) is 1. The van der Waals surface area contributed by atoms with Gasteiger partial charge in [0.15, 0.2) is 11.6 Å². The molecule has 3 atom stereocenters. The van der Waals surface area contributed by atoms with Gasteiger partial charge in [0.2, 0.25) is 0 Å². The molecule has 2 aromatic heterocycles. The van der Waals surface area contributed by atoms with Gasteiger partial charge in [-0.25, -0.2) is 9.97 Å². The van der Waals surface area contributed by atoms with E-state index in [4.69, 9.17) is 14.8 Å². The molecular formula is C18H27N5O2. The van der Waals surface area contributed by atoms with Crippen LogP contribution in [0.5, 0.6) is 0 Å². The minimum Gasteiger partial charge on any atom is -0.396 e. The van der Waals surface area contributed by atoms with Crippen LogP contribution in [0.2, 0.25) is 0 Å². The number of aliphatic hydroxyl groups excluding tert-OH is 1. The Bertz CT molecular complexity index is 753. The third kappa shape index (κ3) is 2.90. The van der Waals surface area contributed by atoms with Crippen molar-refractivity contribution in [2.45, 2.75) is 44.9 Å². The Kier molecular flexibility index (Phi) is 4.39. The predicted molar refractivity (Wildman–Crippen MR) is 94.4 cm³/mol. The van der Waals surface area contributed by atoms with E-state index in [0.717, 1.165) is 49.9 Å². The second kappa shape index (κ2) is 6.55. The van der Waals surface area contributed by atoms with E-state index in [-0.39, 0.29) is 12.7 Å². The van der Waals surface area contributed by atoms with Crippen LogP contribution >= 0.6 is 0 Å². The van der Waals surface area contributed by atoms with Crippen LogP contribution in [0.15, 0.2) is 12.4 Å². The van der Waals surface area contributed by atoms with Gasteiger partial charge in [-0.05, 0) is 26.7 Å². The lowest BCUT2D eigenvalue weighted by atomic mass is 10.1. The molecule has 4 rings (SSSR count). The molecule has 0 aliphatic carbocycles. The van der Waals surface area contributed by atoms with Crippen LogP contribution in [0.4, 0.5) is 0 Å². The summed E-state index contributed by atoms with van der Waals surface area (Å²) >= 11 is 0. The van der Waals surface area contributed by atoms with Crippen LogP contribution in [0.25, 0.3) is 11.6 Å². The summed E-state index contributed by atoms with van der Waals surface area (Å²) in [6, 6.07) is 0.844. The highest BCUT2D eigenvalue weighted by Crippen LogP contribution is 2.33. The van der Waals surface area contributed by atoms with Crippen LogP contribution in [-0.2, 0) is 11.8 Å². The molecule has 0 radical (unpaired) electrons. The molecule has 136 valence electrons.